The first kappa shape index (κ1) is 12.4. The van der Waals surface area contributed by atoms with E-state index in [1.54, 1.807) is 0 Å². The molecule has 0 saturated carbocycles. The van der Waals surface area contributed by atoms with Crippen LogP contribution in [0.1, 0.15) is 11.8 Å². The molecule has 0 unspecified atom stereocenters. The van der Waals surface area contributed by atoms with E-state index in [0.717, 1.165) is 21.2 Å². The average Bonchev–Trinajstić information content (AvgIpc) is 2.71. The highest BCUT2D eigenvalue weighted by Gasteiger charge is 2.10. The predicted octanol–water partition coefficient (Wildman–Crippen LogP) is 3.32. The highest BCUT2D eigenvalue weighted by atomic mass is 35.5. The molecule has 1 aromatic carbocycles. The zero-order valence-electron chi connectivity index (χ0n) is 9.44. The Morgan fingerprint density at radius 3 is 2.94 bits per heavy atom. The Hall–Kier alpha value is -1.10. The molecule has 0 amide bonds. The van der Waals surface area contributed by atoms with E-state index < -0.39 is 0 Å². The molecule has 3 nitrogen and oxygen atoms in total. The summed E-state index contributed by atoms with van der Waals surface area (Å²) in [6, 6.07) is 7.81. The number of hydrogen-bond acceptors (Lipinski definition) is 4. The first-order valence-electron chi connectivity index (χ1n) is 5.33. The lowest BCUT2D eigenvalue weighted by Gasteiger charge is -2.03. The molecule has 0 aliphatic rings. The molecule has 0 atom stereocenters. The van der Waals surface area contributed by atoms with Gasteiger partial charge in [-0.05, 0) is 19.1 Å². The third-order valence-electron chi connectivity index (χ3n) is 2.23. The normalized spacial score (nSPS) is 10.5. The molecule has 2 rings (SSSR count). The van der Waals surface area contributed by atoms with Gasteiger partial charge in [-0.3, -0.25) is 0 Å². The van der Waals surface area contributed by atoms with Crippen molar-refractivity contribution in [1.29, 1.82) is 0 Å². The van der Waals surface area contributed by atoms with E-state index in [9.17, 15) is 0 Å². The van der Waals surface area contributed by atoms with Gasteiger partial charge in [-0.2, -0.15) is 0 Å². The van der Waals surface area contributed by atoms with Crippen LogP contribution in [0.25, 0.3) is 10.6 Å². The van der Waals surface area contributed by atoms with Gasteiger partial charge in [0.15, 0.2) is 0 Å². The zero-order chi connectivity index (χ0) is 12.3. The second-order valence-electron chi connectivity index (χ2n) is 3.40. The van der Waals surface area contributed by atoms with Crippen LogP contribution in [-0.2, 0) is 6.54 Å². The summed E-state index contributed by atoms with van der Waals surface area (Å²) < 4.78 is 5.45. The molecule has 0 aliphatic carbocycles. The molecule has 1 aromatic heterocycles. The molecule has 5 heteroatoms. The first-order chi connectivity index (χ1) is 8.24. The van der Waals surface area contributed by atoms with Gasteiger partial charge in [-0.1, -0.05) is 23.7 Å². The fourth-order valence-corrected chi connectivity index (χ4v) is 2.62. The van der Waals surface area contributed by atoms with Crippen molar-refractivity contribution < 1.29 is 4.74 Å². The van der Waals surface area contributed by atoms with Crippen LogP contribution in [0.15, 0.2) is 24.3 Å². The molecular weight excluding hydrogens is 256 g/mol. The van der Waals surface area contributed by atoms with Gasteiger partial charge >= 0.3 is 0 Å². The quantitative estimate of drug-likeness (QED) is 0.925. The van der Waals surface area contributed by atoms with Crippen LogP contribution in [0.5, 0.6) is 5.75 Å². The Labute approximate surface area is 109 Å². The molecule has 0 bridgehead atoms. The molecule has 0 saturated heterocycles. The Bertz CT molecular complexity index is 513. The standard InChI is InChI=1S/C12H13ClN2OS/c1-2-16-9-5-3-4-8(6-9)12-15-11(13)10(7-14)17-12/h3-6H,2,7,14H2,1H3. The van der Waals surface area contributed by atoms with E-state index in [1.165, 1.54) is 11.3 Å². The lowest BCUT2D eigenvalue weighted by Crippen LogP contribution is -1.92. The molecule has 90 valence electrons. The fourth-order valence-electron chi connectivity index (χ4n) is 1.47. The smallest absolute Gasteiger partial charge is 0.145 e. The highest BCUT2D eigenvalue weighted by Crippen LogP contribution is 2.32. The summed E-state index contributed by atoms with van der Waals surface area (Å²) in [5.41, 5.74) is 6.58. The van der Waals surface area contributed by atoms with Gasteiger partial charge < -0.3 is 10.5 Å². The third-order valence-corrected chi connectivity index (χ3v) is 3.78. The molecule has 0 spiro atoms. The summed E-state index contributed by atoms with van der Waals surface area (Å²) in [6.07, 6.45) is 0. The van der Waals surface area contributed by atoms with Gasteiger partial charge in [0.1, 0.15) is 15.9 Å². The zero-order valence-corrected chi connectivity index (χ0v) is 11.0. The number of ether oxygens (including phenoxy) is 1. The van der Waals surface area contributed by atoms with Gasteiger partial charge in [0.2, 0.25) is 0 Å². The molecule has 0 aliphatic heterocycles. The van der Waals surface area contributed by atoms with Crippen LogP contribution in [0, 0.1) is 0 Å². The minimum Gasteiger partial charge on any atom is -0.494 e. The van der Waals surface area contributed by atoms with E-state index in [2.05, 4.69) is 4.98 Å². The third kappa shape index (κ3) is 2.77. The number of aromatic nitrogens is 1. The van der Waals surface area contributed by atoms with Crippen molar-refractivity contribution in [3.8, 4) is 16.3 Å². The van der Waals surface area contributed by atoms with Crippen LogP contribution >= 0.6 is 22.9 Å². The number of halogens is 1. The number of benzene rings is 1. The Morgan fingerprint density at radius 1 is 1.47 bits per heavy atom. The molecule has 2 N–H and O–H groups in total. The lowest BCUT2D eigenvalue weighted by molar-refractivity contribution is 0.340. The van der Waals surface area contributed by atoms with Crippen LogP contribution in [-0.4, -0.2) is 11.6 Å². The highest BCUT2D eigenvalue weighted by molar-refractivity contribution is 7.15. The summed E-state index contributed by atoms with van der Waals surface area (Å²) in [5, 5.41) is 1.37. The van der Waals surface area contributed by atoms with Crippen LogP contribution in [0.3, 0.4) is 0 Å². The van der Waals surface area contributed by atoms with Crippen LogP contribution < -0.4 is 10.5 Å². The summed E-state index contributed by atoms with van der Waals surface area (Å²) in [6.45, 7) is 3.03. The van der Waals surface area contributed by atoms with Gasteiger partial charge in [-0.15, -0.1) is 11.3 Å². The van der Waals surface area contributed by atoms with E-state index in [4.69, 9.17) is 22.1 Å². The van der Waals surface area contributed by atoms with E-state index in [-0.39, 0.29) is 0 Å². The van der Waals surface area contributed by atoms with Crippen molar-refractivity contribution in [2.24, 2.45) is 5.73 Å². The number of thiazole rings is 1. The van der Waals surface area contributed by atoms with Gasteiger partial charge in [-0.25, -0.2) is 4.98 Å². The van der Waals surface area contributed by atoms with E-state index in [0.29, 0.717) is 18.3 Å². The van der Waals surface area contributed by atoms with E-state index in [1.807, 2.05) is 31.2 Å². The lowest BCUT2D eigenvalue weighted by atomic mass is 10.2. The van der Waals surface area contributed by atoms with Crippen molar-refractivity contribution >= 4 is 22.9 Å². The summed E-state index contributed by atoms with van der Waals surface area (Å²) >= 11 is 7.50. The maximum absolute atomic E-state index is 5.98. The maximum Gasteiger partial charge on any atom is 0.145 e. The second-order valence-corrected chi connectivity index (χ2v) is 4.84. The minimum atomic E-state index is 0.418. The van der Waals surface area contributed by atoms with Crippen LogP contribution in [0.2, 0.25) is 5.15 Å². The second kappa shape index (κ2) is 5.49. The largest absolute Gasteiger partial charge is 0.494 e. The fraction of sp³-hybridized carbons (Fsp3) is 0.250. The van der Waals surface area contributed by atoms with Crippen molar-refractivity contribution in [2.75, 3.05) is 6.61 Å². The number of hydrogen-bond donors (Lipinski definition) is 1. The summed E-state index contributed by atoms with van der Waals surface area (Å²) in [7, 11) is 0. The van der Waals surface area contributed by atoms with Crippen molar-refractivity contribution in [3.05, 3.63) is 34.3 Å². The number of nitrogens with zero attached hydrogens (tertiary/aromatic N) is 1. The summed E-state index contributed by atoms with van der Waals surface area (Å²) in [4.78, 5) is 5.21. The summed E-state index contributed by atoms with van der Waals surface area (Å²) in [5.74, 6) is 0.839. The van der Waals surface area contributed by atoms with Crippen molar-refractivity contribution in [1.82, 2.24) is 4.98 Å². The number of nitrogens with two attached hydrogens (primary N) is 1. The van der Waals surface area contributed by atoms with E-state index >= 15 is 0 Å². The molecule has 0 radical (unpaired) electrons. The van der Waals surface area contributed by atoms with Gasteiger partial charge in [0.25, 0.3) is 0 Å². The maximum atomic E-state index is 5.98. The topological polar surface area (TPSA) is 48.1 Å². The van der Waals surface area contributed by atoms with Crippen molar-refractivity contribution in [3.63, 3.8) is 0 Å². The van der Waals surface area contributed by atoms with Crippen molar-refractivity contribution in [2.45, 2.75) is 13.5 Å². The SMILES string of the molecule is CCOc1cccc(-c2nc(Cl)c(CN)s2)c1. The molecule has 17 heavy (non-hydrogen) atoms. The molecule has 1 heterocycles. The Morgan fingerprint density at radius 2 is 2.29 bits per heavy atom. The van der Waals surface area contributed by atoms with Gasteiger partial charge in [0, 0.05) is 12.1 Å². The monoisotopic (exact) mass is 268 g/mol. The first-order valence-corrected chi connectivity index (χ1v) is 6.52. The minimum absolute atomic E-state index is 0.418. The Kier molecular flexibility index (Phi) is 3.99. The number of rotatable bonds is 4. The molecule has 2 aromatic rings. The Balaban J connectivity index is 2.34. The molecule has 0 fully saturated rings. The van der Waals surface area contributed by atoms with Crippen LogP contribution in [0.4, 0.5) is 0 Å². The predicted molar refractivity (Wildman–Crippen MR) is 71.6 cm³/mol. The molecular formula is C12H13ClN2OS. The van der Waals surface area contributed by atoms with Gasteiger partial charge in [0.05, 0.1) is 11.5 Å². The average molecular weight is 269 g/mol.